The number of hydrogen-bond acceptors (Lipinski definition) is 6. The van der Waals surface area contributed by atoms with Crippen LogP contribution in [0.15, 0.2) is 28.8 Å². The highest BCUT2D eigenvalue weighted by Gasteiger charge is 2.26. The number of nitrogens with zero attached hydrogens (tertiary/aromatic N) is 4. The highest BCUT2D eigenvalue weighted by atomic mass is 16.5. The summed E-state index contributed by atoms with van der Waals surface area (Å²) in [6.07, 6.45) is 2.21. The molecule has 2 fully saturated rings. The molecule has 8 nitrogen and oxygen atoms in total. The lowest BCUT2D eigenvalue weighted by atomic mass is 10.1. The summed E-state index contributed by atoms with van der Waals surface area (Å²) in [6, 6.07) is 7.27. The second kappa shape index (κ2) is 9.51. The predicted molar refractivity (Wildman–Crippen MR) is 115 cm³/mol. The van der Waals surface area contributed by atoms with Crippen LogP contribution in [0.5, 0.6) is 5.75 Å². The number of piperazine rings is 1. The summed E-state index contributed by atoms with van der Waals surface area (Å²) in [5, 5.41) is 3.94. The second-order valence-corrected chi connectivity index (χ2v) is 8.28. The summed E-state index contributed by atoms with van der Waals surface area (Å²) in [6.45, 7) is 8.98. The molecule has 0 unspecified atom stereocenters. The molecule has 0 saturated carbocycles. The second-order valence-electron chi connectivity index (χ2n) is 8.28. The number of carbonyl (C=O) groups excluding carboxylic acids is 2. The Morgan fingerprint density at radius 2 is 1.77 bits per heavy atom. The quantitative estimate of drug-likeness (QED) is 0.705. The molecule has 0 N–H and O–H groups in total. The number of rotatable bonds is 6. The van der Waals surface area contributed by atoms with Crippen LogP contribution >= 0.6 is 0 Å². The van der Waals surface area contributed by atoms with Crippen LogP contribution in [-0.2, 0) is 11.4 Å². The lowest BCUT2D eigenvalue weighted by Crippen LogP contribution is -2.51. The highest BCUT2D eigenvalue weighted by molar-refractivity contribution is 5.94. The van der Waals surface area contributed by atoms with Crippen molar-refractivity contribution in [3.63, 3.8) is 0 Å². The summed E-state index contributed by atoms with van der Waals surface area (Å²) >= 11 is 0. The Bertz CT molecular complexity index is 908. The Morgan fingerprint density at radius 3 is 2.45 bits per heavy atom. The van der Waals surface area contributed by atoms with Crippen LogP contribution in [0.25, 0.3) is 0 Å². The zero-order valence-corrected chi connectivity index (χ0v) is 18.3. The average molecular weight is 427 g/mol. The van der Waals surface area contributed by atoms with Gasteiger partial charge >= 0.3 is 0 Å². The molecule has 0 spiro atoms. The van der Waals surface area contributed by atoms with Gasteiger partial charge in [-0.2, -0.15) is 0 Å². The molecule has 2 amide bonds. The Balaban J connectivity index is 1.29. The van der Waals surface area contributed by atoms with Crippen LogP contribution in [0.3, 0.4) is 0 Å². The van der Waals surface area contributed by atoms with Crippen LogP contribution in [0, 0.1) is 13.8 Å². The first-order valence-electron chi connectivity index (χ1n) is 11.0. The fourth-order valence-corrected chi connectivity index (χ4v) is 4.13. The predicted octanol–water partition coefficient (Wildman–Crippen LogP) is 2.25. The molecule has 0 aliphatic carbocycles. The summed E-state index contributed by atoms with van der Waals surface area (Å²) < 4.78 is 11.0. The molecule has 0 bridgehead atoms. The molecular weight excluding hydrogens is 396 g/mol. The van der Waals surface area contributed by atoms with Gasteiger partial charge in [-0.05, 0) is 44.9 Å². The van der Waals surface area contributed by atoms with Crippen LogP contribution in [0.1, 0.15) is 40.2 Å². The minimum atomic E-state index is -0.00620. The summed E-state index contributed by atoms with van der Waals surface area (Å²) in [4.78, 5) is 31.3. The van der Waals surface area contributed by atoms with Gasteiger partial charge < -0.3 is 19.1 Å². The number of aromatic nitrogens is 1. The topological polar surface area (TPSA) is 79.1 Å². The van der Waals surface area contributed by atoms with E-state index < -0.39 is 0 Å². The molecule has 3 heterocycles. The standard InChI is InChI=1S/C23H30N4O4/c1-17-21(18(2)31-24-17)16-30-20-7-5-6-19(14-20)23(29)27-12-10-25(11-13-27)15-22(28)26-8-3-4-9-26/h5-7,14H,3-4,8-13,15-16H2,1-2H3. The Kier molecular flexibility index (Phi) is 6.56. The summed E-state index contributed by atoms with van der Waals surface area (Å²) in [5.41, 5.74) is 2.35. The number of likely N-dealkylation sites (tertiary alicyclic amines) is 1. The highest BCUT2D eigenvalue weighted by Crippen LogP contribution is 2.20. The van der Waals surface area contributed by atoms with Crippen LogP contribution in [-0.4, -0.2) is 77.5 Å². The third-order valence-corrected chi connectivity index (χ3v) is 6.12. The molecule has 2 aliphatic heterocycles. The molecule has 1 aromatic heterocycles. The minimum absolute atomic E-state index is 0.00620. The van der Waals surface area contributed by atoms with Gasteiger partial charge in [0.1, 0.15) is 18.1 Å². The molecule has 0 radical (unpaired) electrons. The lowest BCUT2D eigenvalue weighted by molar-refractivity contribution is -0.131. The minimum Gasteiger partial charge on any atom is -0.489 e. The van der Waals surface area contributed by atoms with E-state index in [-0.39, 0.29) is 11.8 Å². The van der Waals surface area contributed by atoms with Crippen molar-refractivity contribution in [3.8, 4) is 5.75 Å². The van der Waals surface area contributed by atoms with E-state index in [0.717, 1.165) is 42.9 Å². The number of hydrogen-bond donors (Lipinski definition) is 0. The number of aryl methyl sites for hydroxylation is 2. The van der Waals surface area contributed by atoms with Crippen LogP contribution < -0.4 is 4.74 Å². The molecular formula is C23H30N4O4. The largest absolute Gasteiger partial charge is 0.489 e. The van der Waals surface area contributed by atoms with E-state index in [1.165, 1.54) is 0 Å². The lowest BCUT2D eigenvalue weighted by Gasteiger charge is -2.35. The van der Waals surface area contributed by atoms with E-state index in [4.69, 9.17) is 9.26 Å². The van der Waals surface area contributed by atoms with Crippen molar-refractivity contribution in [1.29, 1.82) is 0 Å². The maximum atomic E-state index is 13.0. The van der Waals surface area contributed by atoms with Crippen molar-refractivity contribution < 1.29 is 18.8 Å². The number of amides is 2. The first-order valence-corrected chi connectivity index (χ1v) is 11.0. The van der Waals surface area contributed by atoms with Gasteiger partial charge in [-0.15, -0.1) is 0 Å². The fourth-order valence-electron chi connectivity index (χ4n) is 4.13. The van der Waals surface area contributed by atoms with Crippen molar-refractivity contribution in [1.82, 2.24) is 19.9 Å². The molecule has 31 heavy (non-hydrogen) atoms. The Labute approximate surface area is 182 Å². The monoisotopic (exact) mass is 426 g/mol. The van der Waals surface area contributed by atoms with Gasteiger partial charge in [-0.25, -0.2) is 0 Å². The molecule has 2 aromatic rings. The van der Waals surface area contributed by atoms with E-state index in [9.17, 15) is 9.59 Å². The van der Waals surface area contributed by atoms with Crippen molar-refractivity contribution in [2.45, 2.75) is 33.3 Å². The van der Waals surface area contributed by atoms with Gasteiger partial charge in [-0.3, -0.25) is 14.5 Å². The van der Waals surface area contributed by atoms with E-state index in [2.05, 4.69) is 10.1 Å². The molecule has 166 valence electrons. The first kappa shape index (κ1) is 21.4. The molecule has 4 rings (SSSR count). The van der Waals surface area contributed by atoms with Gasteiger partial charge in [0, 0.05) is 44.8 Å². The van der Waals surface area contributed by atoms with Crippen LogP contribution in [0.2, 0.25) is 0 Å². The molecule has 0 atom stereocenters. The summed E-state index contributed by atoms with van der Waals surface area (Å²) in [5.74, 6) is 1.58. The zero-order chi connectivity index (χ0) is 21.8. The van der Waals surface area contributed by atoms with E-state index in [1.807, 2.05) is 41.8 Å². The van der Waals surface area contributed by atoms with E-state index in [1.54, 1.807) is 6.07 Å². The van der Waals surface area contributed by atoms with Gasteiger partial charge in [0.25, 0.3) is 5.91 Å². The van der Waals surface area contributed by atoms with Gasteiger partial charge in [0.15, 0.2) is 0 Å². The van der Waals surface area contributed by atoms with Crippen molar-refractivity contribution in [2.75, 3.05) is 45.8 Å². The van der Waals surface area contributed by atoms with Crippen molar-refractivity contribution in [2.24, 2.45) is 0 Å². The third-order valence-electron chi connectivity index (χ3n) is 6.12. The Morgan fingerprint density at radius 1 is 1.03 bits per heavy atom. The molecule has 8 heteroatoms. The average Bonchev–Trinajstić information content (AvgIpc) is 3.43. The number of ether oxygens (including phenoxy) is 1. The maximum Gasteiger partial charge on any atom is 0.254 e. The van der Waals surface area contributed by atoms with Gasteiger partial charge in [0.2, 0.25) is 5.91 Å². The molecule has 1 aromatic carbocycles. The van der Waals surface area contributed by atoms with Crippen LogP contribution in [0.4, 0.5) is 0 Å². The van der Waals surface area contributed by atoms with E-state index >= 15 is 0 Å². The Hall–Kier alpha value is -2.87. The smallest absolute Gasteiger partial charge is 0.254 e. The van der Waals surface area contributed by atoms with E-state index in [0.29, 0.717) is 50.6 Å². The van der Waals surface area contributed by atoms with Crippen molar-refractivity contribution >= 4 is 11.8 Å². The molecule has 2 aliphatic rings. The fraction of sp³-hybridized carbons (Fsp3) is 0.522. The normalized spacial score (nSPS) is 17.2. The maximum absolute atomic E-state index is 13.0. The zero-order valence-electron chi connectivity index (χ0n) is 18.3. The summed E-state index contributed by atoms with van der Waals surface area (Å²) in [7, 11) is 0. The van der Waals surface area contributed by atoms with Gasteiger partial charge in [0.05, 0.1) is 17.8 Å². The van der Waals surface area contributed by atoms with Gasteiger partial charge in [-0.1, -0.05) is 11.2 Å². The third kappa shape index (κ3) is 5.07. The molecule has 2 saturated heterocycles. The number of benzene rings is 1. The van der Waals surface area contributed by atoms with Crippen molar-refractivity contribution in [3.05, 3.63) is 46.8 Å². The first-order chi connectivity index (χ1) is 15.0. The SMILES string of the molecule is Cc1noc(C)c1COc1cccc(C(=O)N2CCN(CC(=O)N3CCCC3)CC2)c1. The number of carbonyl (C=O) groups is 2.